The Bertz CT molecular complexity index is 855. The lowest BCUT2D eigenvalue weighted by atomic mass is 10.0. The normalized spacial score (nSPS) is 15.8. The molecular weight excluding hydrogens is 300 g/mol. The van der Waals surface area contributed by atoms with Gasteiger partial charge in [-0.25, -0.2) is 4.98 Å². The molecule has 122 valence electrons. The molecule has 2 aromatic carbocycles. The lowest BCUT2D eigenvalue weighted by Gasteiger charge is -2.33. The zero-order chi connectivity index (χ0) is 16.5. The van der Waals surface area contributed by atoms with Crippen LogP contribution in [0.5, 0.6) is 5.75 Å². The topological polar surface area (TPSA) is 52.5 Å². The largest absolute Gasteiger partial charge is 0.508 e. The highest BCUT2D eigenvalue weighted by Gasteiger charge is 2.16. The summed E-state index contributed by atoms with van der Waals surface area (Å²) in [6.45, 7) is 4.06. The van der Waals surface area contributed by atoms with Gasteiger partial charge in [0.15, 0.2) is 0 Å². The van der Waals surface area contributed by atoms with Crippen LogP contribution in [0.15, 0.2) is 48.7 Å². The van der Waals surface area contributed by atoms with Gasteiger partial charge in [-0.05, 0) is 42.4 Å². The molecule has 5 heteroatoms. The molecule has 0 unspecified atom stereocenters. The van der Waals surface area contributed by atoms with Crippen LogP contribution in [0, 0.1) is 0 Å². The second-order valence-corrected chi connectivity index (χ2v) is 6.27. The van der Waals surface area contributed by atoms with Crippen LogP contribution in [0.1, 0.15) is 0 Å². The van der Waals surface area contributed by atoms with Gasteiger partial charge in [0, 0.05) is 26.2 Å². The molecule has 24 heavy (non-hydrogen) atoms. The van der Waals surface area contributed by atoms with Crippen molar-refractivity contribution in [3.63, 3.8) is 0 Å². The van der Waals surface area contributed by atoms with Crippen molar-refractivity contribution >= 4 is 16.9 Å². The first-order chi connectivity index (χ1) is 11.7. The number of piperazine rings is 1. The standard InChI is InChI=1S/C19H20N4O/c1-22-8-10-23(11-9-22)19-13-20-17-7-4-15(12-18(17)21-19)14-2-5-16(24)6-3-14/h2-7,12-13,24H,8-11H2,1H3. The molecular formula is C19H20N4O. The molecule has 0 spiro atoms. The molecule has 0 radical (unpaired) electrons. The molecule has 4 rings (SSSR count). The van der Waals surface area contributed by atoms with Crippen molar-refractivity contribution in [2.24, 2.45) is 0 Å². The van der Waals surface area contributed by atoms with Gasteiger partial charge in [-0.1, -0.05) is 18.2 Å². The van der Waals surface area contributed by atoms with E-state index in [4.69, 9.17) is 4.98 Å². The van der Waals surface area contributed by atoms with Gasteiger partial charge < -0.3 is 14.9 Å². The highest BCUT2D eigenvalue weighted by Crippen LogP contribution is 2.25. The zero-order valence-electron chi connectivity index (χ0n) is 13.7. The predicted molar refractivity (Wildman–Crippen MR) is 96.3 cm³/mol. The quantitative estimate of drug-likeness (QED) is 0.787. The molecule has 0 atom stereocenters. The minimum Gasteiger partial charge on any atom is -0.508 e. The molecule has 1 aromatic heterocycles. The lowest BCUT2D eigenvalue weighted by molar-refractivity contribution is 0.312. The number of nitrogens with zero attached hydrogens (tertiary/aromatic N) is 4. The van der Waals surface area contributed by atoms with Crippen molar-refractivity contribution in [2.45, 2.75) is 0 Å². The summed E-state index contributed by atoms with van der Waals surface area (Å²) in [6.07, 6.45) is 1.87. The lowest BCUT2D eigenvalue weighted by Crippen LogP contribution is -2.44. The van der Waals surface area contributed by atoms with Crippen LogP contribution in [-0.2, 0) is 0 Å². The second-order valence-electron chi connectivity index (χ2n) is 6.27. The summed E-state index contributed by atoms with van der Waals surface area (Å²) in [4.78, 5) is 14.0. The minimum absolute atomic E-state index is 0.275. The van der Waals surface area contributed by atoms with E-state index >= 15 is 0 Å². The summed E-state index contributed by atoms with van der Waals surface area (Å²) in [5.41, 5.74) is 3.93. The predicted octanol–water partition coefficient (Wildman–Crippen LogP) is 2.75. The minimum atomic E-state index is 0.275. The Morgan fingerprint density at radius 3 is 2.33 bits per heavy atom. The van der Waals surface area contributed by atoms with Gasteiger partial charge in [-0.3, -0.25) is 4.98 Å². The number of hydrogen-bond donors (Lipinski definition) is 1. The van der Waals surface area contributed by atoms with Crippen LogP contribution < -0.4 is 4.90 Å². The Balaban J connectivity index is 1.68. The SMILES string of the molecule is CN1CCN(c2cnc3ccc(-c4ccc(O)cc4)cc3n2)CC1. The van der Waals surface area contributed by atoms with E-state index in [2.05, 4.69) is 27.9 Å². The van der Waals surface area contributed by atoms with E-state index in [-0.39, 0.29) is 5.75 Å². The van der Waals surface area contributed by atoms with E-state index in [1.165, 1.54) is 0 Å². The molecule has 0 bridgehead atoms. The number of likely N-dealkylation sites (N-methyl/N-ethyl adjacent to an activating group) is 1. The molecule has 1 fully saturated rings. The fourth-order valence-corrected chi connectivity index (χ4v) is 3.02. The highest BCUT2D eigenvalue weighted by atomic mass is 16.3. The molecule has 2 heterocycles. The third-order valence-corrected chi connectivity index (χ3v) is 4.56. The van der Waals surface area contributed by atoms with E-state index in [1.807, 2.05) is 30.5 Å². The van der Waals surface area contributed by atoms with Crippen LogP contribution >= 0.6 is 0 Å². The molecule has 5 nitrogen and oxygen atoms in total. The Morgan fingerprint density at radius 2 is 1.58 bits per heavy atom. The summed E-state index contributed by atoms with van der Waals surface area (Å²) in [5, 5.41) is 9.44. The fraction of sp³-hybridized carbons (Fsp3) is 0.263. The molecule has 0 saturated carbocycles. The number of aromatic hydroxyl groups is 1. The molecule has 1 aliphatic heterocycles. The maximum atomic E-state index is 9.44. The van der Waals surface area contributed by atoms with Gasteiger partial charge in [0.2, 0.25) is 0 Å². The van der Waals surface area contributed by atoms with Gasteiger partial charge in [-0.15, -0.1) is 0 Å². The average molecular weight is 320 g/mol. The van der Waals surface area contributed by atoms with Crippen molar-refractivity contribution in [1.29, 1.82) is 0 Å². The van der Waals surface area contributed by atoms with Gasteiger partial charge in [-0.2, -0.15) is 0 Å². The van der Waals surface area contributed by atoms with Crippen molar-refractivity contribution in [3.05, 3.63) is 48.7 Å². The van der Waals surface area contributed by atoms with Crippen LogP contribution in [0.4, 0.5) is 5.82 Å². The Morgan fingerprint density at radius 1 is 0.875 bits per heavy atom. The molecule has 0 amide bonds. The average Bonchev–Trinajstić information content (AvgIpc) is 2.62. The van der Waals surface area contributed by atoms with Gasteiger partial charge >= 0.3 is 0 Å². The van der Waals surface area contributed by atoms with Crippen molar-refractivity contribution < 1.29 is 5.11 Å². The van der Waals surface area contributed by atoms with E-state index in [0.717, 1.165) is 54.2 Å². The number of aromatic nitrogens is 2. The number of rotatable bonds is 2. The van der Waals surface area contributed by atoms with Crippen LogP contribution in [0.2, 0.25) is 0 Å². The highest BCUT2D eigenvalue weighted by molar-refractivity contribution is 5.82. The third kappa shape index (κ3) is 2.90. The molecule has 1 N–H and O–H groups in total. The van der Waals surface area contributed by atoms with Crippen molar-refractivity contribution in [3.8, 4) is 16.9 Å². The van der Waals surface area contributed by atoms with E-state index < -0.39 is 0 Å². The first-order valence-corrected chi connectivity index (χ1v) is 8.19. The number of fused-ring (bicyclic) bond motifs is 1. The van der Waals surface area contributed by atoms with Crippen LogP contribution in [-0.4, -0.2) is 53.2 Å². The Labute approximate surface area is 141 Å². The number of hydrogen-bond acceptors (Lipinski definition) is 5. The van der Waals surface area contributed by atoms with Gasteiger partial charge in [0.05, 0.1) is 17.2 Å². The summed E-state index contributed by atoms with van der Waals surface area (Å²) in [5.74, 6) is 1.22. The molecule has 1 aliphatic rings. The zero-order valence-corrected chi connectivity index (χ0v) is 13.7. The maximum Gasteiger partial charge on any atom is 0.147 e. The maximum absolute atomic E-state index is 9.44. The molecule has 1 saturated heterocycles. The van der Waals surface area contributed by atoms with Gasteiger partial charge in [0.25, 0.3) is 0 Å². The van der Waals surface area contributed by atoms with Crippen molar-refractivity contribution in [2.75, 3.05) is 38.1 Å². The van der Waals surface area contributed by atoms with Crippen LogP contribution in [0.25, 0.3) is 22.2 Å². The van der Waals surface area contributed by atoms with Gasteiger partial charge in [0.1, 0.15) is 11.6 Å². The number of anilines is 1. The number of benzene rings is 2. The Hall–Kier alpha value is -2.66. The summed E-state index contributed by atoms with van der Waals surface area (Å²) in [6, 6.07) is 13.3. The summed E-state index contributed by atoms with van der Waals surface area (Å²) >= 11 is 0. The second kappa shape index (κ2) is 6.09. The number of phenolic OH excluding ortho intramolecular Hbond substituents is 1. The van der Waals surface area contributed by atoms with E-state index in [9.17, 15) is 5.11 Å². The van der Waals surface area contributed by atoms with E-state index in [0.29, 0.717) is 0 Å². The molecule has 0 aliphatic carbocycles. The molecule has 3 aromatic rings. The monoisotopic (exact) mass is 320 g/mol. The smallest absolute Gasteiger partial charge is 0.147 e. The van der Waals surface area contributed by atoms with Crippen LogP contribution in [0.3, 0.4) is 0 Å². The fourth-order valence-electron chi connectivity index (χ4n) is 3.02. The Kier molecular flexibility index (Phi) is 3.78. The summed E-state index contributed by atoms with van der Waals surface area (Å²) in [7, 11) is 2.15. The summed E-state index contributed by atoms with van der Waals surface area (Å²) < 4.78 is 0. The first kappa shape index (κ1) is 14.9. The third-order valence-electron chi connectivity index (χ3n) is 4.56. The van der Waals surface area contributed by atoms with Crippen molar-refractivity contribution in [1.82, 2.24) is 14.9 Å². The van der Waals surface area contributed by atoms with E-state index in [1.54, 1.807) is 12.1 Å². The first-order valence-electron chi connectivity index (χ1n) is 8.19. The number of phenols is 1.